The molecule has 31 heavy (non-hydrogen) atoms. The second kappa shape index (κ2) is 10.4. The standard InChI is InChI=1S/C26H34N4O/c1-6-29(7-2)17-23-14-12-22(13-15-23)16-27-26(31)25-20(4)28-30(21(25)5)18-24-10-8-19(3)9-11-24/h8-15H,6-7,16-18H2,1-5H3,(H,27,31)/p+1. The van der Waals surface area contributed by atoms with Gasteiger partial charge in [0.15, 0.2) is 0 Å². The number of aryl methyl sites for hydroxylation is 2. The van der Waals surface area contributed by atoms with Crippen LogP contribution in [0.2, 0.25) is 0 Å². The van der Waals surface area contributed by atoms with Crippen LogP contribution in [0.4, 0.5) is 0 Å². The second-order valence-electron chi connectivity index (χ2n) is 8.32. The zero-order chi connectivity index (χ0) is 22.4. The minimum Gasteiger partial charge on any atom is -0.348 e. The summed E-state index contributed by atoms with van der Waals surface area (Å²) in [4.78, 5) is 14.5. The third-order valence-corrected chi connectivity index (χ3v) is 5.99. The molecule has 164 valence electrons. The first-order chi connectivity index (χ1) is 14.9. The van der Waals surface area contributed by atoms with Crippen molar-refractivity contribution in [3.8, 4) is 0 Å². The maximum absolute atomic E-state index is 12.9. The predicted octanol–water partition coefficient (Wildman–Crippen LogP) is 3.21. The molecule has 0 saturated heterocycles. The Morgan fingerprint density at radius 2 is 1.48 bits per heavy atom. The van der Waals surface area contributed by atoms with Gasteiger partial charge in [0.25, 0.3) is 5.91 Å². The van der Waals surface area contributed by atoms with Crippen molar-refractivity contribution in [2.45, 2.75) is 54.3 Å². The van der Waals surface area contributed by atoms with Crippen LogP contribution in [0.1, 0.15) is 57.8 Å². The fourth-order valence-corrected chi connectivity index (χ4v) is 3.88. The van der Waals surface area contributed by atoms with Gasteiger partial charge < -0.3 is 10.2 Å². The lowest BCUT2D eigenvalue weighted by Crippen LogP contribution is -3.10. The lowest BCUT2D eigenvalue weighted by molar-refractivity contribution is -0.910. The molecule has 0 fully saturated rings. The summed E-state index contributed by atoms with van der Waals surface area (Å²) in [5.74, 6) is -0.0678. The van der Waals surface area contributed by atoms with Crippen LogP contribution in [-0.2, 0) is 19.6 Å². The highest BCUT2D eigenvalue weighted by Crippen LogP contribution is 2.15. The van der Waals surface area contributed by atoms with Crippen molar-refractivity contribution in [1.82, 2.24) is 15.1 Å². The van der Waals surface area contributed by atoms with E-state index in [0.29, 0.717) is 18.7 Å². The molecule has 0 spiro atoms. The molecule has 1 heterocycles. The first-order valence-electron chi connectivity index (χ1n) is 11.2. The summed E-state index contributed by atoms with van der Waals surface area (Å²) in [5.41, 5.74) is 7.18. The Hall–Kier alpha value is -2.92. The van der Waals surface area contributed by atoms with Crippen molar-refractivity contribution >= 4 is 5.91 Å². The van der Waals surface area contributed by atoms with Crippen LogP contribution >= 0.6 is 0 Å². The van der Waals surface area contributed by atoms with Gasteiger partial charge in [-0.05, 0) is 45.7 Å². The number of aromatic nitrogens is 2. The number of benzene rings is 2. The van der Waals surface area contributed by atoms with E-state index in [1.165, 1.54) is 16.7 Å². The Labute approximate surface area is 186 Å². The van der Waals surface area contributed by atoms with E-state index in [9.17, 15) is 4.79 Å². The summed E-state index contributed by atoms with van der Waals surface area (Å²) in [6.07, 6.45) is 0. The van der Waals surface area contributed by atoms with Crippen LogP contribution in [0.25, 0.3) is 0 Å². The van der Waals surface area contributed by atoms with Gasteiger partial charge in [-0.15, -0.1) is 0 Å². The molecule has 2 N–H and O–H groups in total. The average Bonchev–Trinajstić information content (AvgIpc) is 3.05. The molecule has 2 aromatic carbocycles. The SMILES string of the molecule is CC[NH+](CC)Cc1ccc(CNC(=O)c2c(C)nn(Cc3ccc(C)cc3)c2C)cc1. The highest BCUT2D eigenvalue weighted by Gasteiger charge is 2.18. The second-order valence-corrected chi connectivity index (χ2v) is 8.32. The maximum atomic E-state index is 12.9. The topological polar surface area (TPSA) is 51.4 Å². The molecular weight excluding hydrogens is 384 g/mol. The number of hydrogen-bond donors (Lipinski definition) is 2. The van der Waals surface area contributed by atoms with Crippen molar-refractivity contribution in [3.05, 3.63) is 87.7 Å². The van der Waals surface area contributed by atoms with E-state index in [-0.39, 0.29) is 5.91 Å². The first-order valence-corrected chi connectivity index (χ1v) is 11.2. The van der Waals surface area contributed by atoms with Gasteiger partial charge in [-0.25, -0.2) is 0 Å². The molecule has 0 aliphatic carbocycles. The molecule has 0 bridgehead atoms. The monoisotopic (exact) mass is 419 g/mol. The number of hydrogen-bond acceptors (Lipinski definition) is 2. The lowest BCUT2D eigenvalue weighted by atomic mass is 10.1. The minimum atomic E-state index is -0.0678. The number of amides is 1. The van der Waals surface area contributed by atoms with Gasteiger partial charge in [0.05, 0.1) is 30.9 Å². The molecule has 5 heteroatoms. The molecule has 0 radical (unpaired) electrons. The van der Waals surface area contributed by atoms with Crippen LogP contribution in [0.15, 0.2) is 48.5 Å². The Morgan fingerprint density at radius 1 is 0.903 bits per heavy atom. The van der Waals surface area contributed by atoms with Gasteiger partial charge in [-0.3, -0.25) is 9.48 Å². The molecule has 0 unspecified atom stereocenters. The van der Waals surface area contributed by atoms with Gasteiger partial charge in [0, 0.05) is 17.8 Å². The fraction of sp³-hybridized carbons (Fsp3) is 0.385. The minimum absolute atomic E-state index is 0.0678. The molecule has 0 atom stereocenters. The fourth-order valence-electron chi connectivity index (χ4n) is 3.88. The van der Waals surface area contributed by atoms with E-state index < -0.39 is 0 Å². The van der Waals surface area contributed by atoms with Crippen LogP contribution < -0.4 is 10.2 Å². The molecule has 3 aromatic rings. The number of rotatable bonds is 9. The Balaban J connectivity index is 1.63. The first kappa shape index (κ1) is 22.8. The van der Waals surface area contributed by atoms with Crippen molar-refractivity contribution < 1.29 is 9.69 Å². The number of nitrogens with one attached hydrogen (secondary N) is 2. The Morgan fingerprint density at radius 3 is 2.10 bits per heavy atom. The van der Waals surface area contributed by atoms with E-state index in [0.717, 1.165) is 36.6 Å². The highest BCUT2D eigenvalue weighted by molar-refractivity contribution is 5.96. The molecule has 0 aliphatic heterocycles. The Bertz CT molecular complexity index is 999. The number of nitrogens with zero attached hydrogens (tertiary/aromatic N) is 2. The summed E-state index contributed by atoms with van der Waals surface area (Å²) in [7, 11) is 0. The zero-order valence-electron chi connectivity index (χ0n) is 19.5. The van der Waals surface area contributed by atoms with E-state index in [1.807, 2.05) is 18.5 Å². The molecule has 5 nitrogen and oxygen atoms in total. The molecule has 1 aromatic heterocycles. The number of carbonyl (C=O) groups is 1. The average molecular weight is 420 g/mol. The van der Waals surface area contributed by atoms with Crippen molar-refractivity contribution in [2.75, 3.05) is 13.1 Å². The van der Waals surface area contributed by atoms with Gasteiger partial charge >= 0.3 is 0 Å². The van der Waals surface area contributed by atoms with Gasteiger partial charge in [-0.2, -0.15) is 5.10 Å². The van der Waals surface area contributed by atoms with Gasteiger partial charge in [0.1, 0.15) is 6.54 Å². The summed E-state index contributed by atoms with van der Waals surface area (Å²) >= 11 is 0. The maximum Gasteiger partial charge on any atom is 0.255 e. The van der Waals surface area contributed by atoms with Crippen molar-refractivity contribution in [3.63, 3.8) is 0 Å². The van der Waals surface area contributed by atoms with E-state index in [2.05, 4.69) is 79.7 Å². The van der Waals surface area contributed by atoms with Crippen LogP contribution in [0, 0.1) is 20.8 Å². The molecular formula is C26H35N4O+. The summed E-state index contributed by atoms with van der Waals surface area (Å²) in [6, 6.07) is 17.0. The van der Waals surface area contributed by atoms with Crippen LogP contribution in [0.3, 0.4) is 0 Å². The predicted molar refractivity (Wildman–Crippen MR) is 125 cm³/mol. The third kappa shape index (κ3) is 5.82. The highest BCUT2D eigenvalue weighted by atomic mass is 16.1. The van der Waals surface area contributed by atoms with Crippen LogP contribution in [-0.4, -0.2) is 28.8 Å². The smallest absolute Gasteiger partial charge is 0.255 e. The summed E-state index contributed by atoms with van der Waals surface area (Å²) < 4.78 is 1.92. The normalized spacial score (nSPS) is 11.2. The lowest BCUT2D eigenvalue weighted by Gasteiger charge is -2.15. The quantitative estimate of drug-likeness (QED) is 0.560. The zero-order valence-corrected chi connectivity index (χ0v) is 19.5. The molecule has 1 amide bonds. The summed E-state index contributed by atoms with van der Waals surface area (Å²) in [6.45, 7) is 14.9. The van der Waals surface area contributed by atoms with Gasteiger partial charge in [0.2, 0.25) is 0 Å². The number of carbonyl (C=O) groups excluding carboxylic acids is 1. The molecule has 3 rings (SSSR count). The van der Waals surface area contributed by atoms with E-state index >= 15 is 0 Å². The van der Waals surface area contributed by atoms with Gasteiger partial charge in [-0.1, -0.05) is 54.1 Å². The van der Waals surface area contributed by atoms with E-state index in [4.69, 9.17) is 0 Å². The largest absolute Gasteiger partial charge is 0.348 e. The Kier molecular flexibility index (Phi) is 7.64. The van der Waals surface area contributed by atoms with Crippen molar-refractivity contribution in [1.29, 1.82) is 0 Å². The van der Waals surface area contributed by atoms with Crippen molar-refractivity contribution in [2.24, 2.45) is 0 Å². The molecule has 0 aliphatic rings. The van der Waals surface area contributed by atoms with Crippen LogP contribution in [0.5, 0.6) is 0 Å². The third-order valence-electron chi connectivity index (χ3n) is 5.99. The number of quaternary nitrogens is 1. The van der Waals surface area contributed by atoms with E-state index in [1.54, 1.807) is 4.90 Å². The molecule has 0 saturated carbocycles. The summed E-state index contributed by atoms with van der Waals surface area (Å²) in [5, 5.41) is 7.68.